The molecule has 3 aromatic rings. The van der Waals surface area contributed by atoms with Crippen molar-refractivity contribution in [2.24, 2.45) is 0 Å². The van der Waals surface area contributed by atoms with Crippen molar-refractivity contribution in [3.05, 3.63) is 65.8 Å². The molecule has 1 saturated heterocycles. The third-order valence-electron chi connectivity index (χ3n) is 4.94. The Morgan fingerprint density at radius 1 is 1.11 bits per heavy atom. The number of likely N-dealkylation sites (tertiary alicyclic amines) is 1. The summed E-state index contributed by atoms with van der Waals surface area (Å²) in [6.45, 7) is 5.60. The maximum atomic E-state index is 6.21. The van der Waals surface area contributed by atoms with Gasteiger partial charge < -0.3 is 9.47 Å². The normalized spacial score (nSPS) is 20.1. The first-order valence-electron chi connectivity index (χ1n) is 9.24. The SMILES string of the molecule is CC1(Oc2ccc(Cl)cc2)CCN(CCOc2ccc3ncccc3c2)C1. The molecule has 5 heteroatoms. The lowest BCUT2D eigenvalue weighted by atomic mass is 10.1. The van der Waals surface area contributed by atoms with E-state index >= 15 is 0 Å². The van der Waals surface area contributed by atoms with Crippen LogP contribution in [0, 0.1) is 0 Å². The Labute approximate surface area is 164 Å². The van der Waals surface area contributed by atoms with Gasteiger partial charge in [-0.05, 0) is 55.5 Å². The second-order valence-corrected chi connectivity index (χ2v) is 7.67. The van der Waals surface area contributed by atoms with Gasteiger partial charge in [0.25, 0.3) is 0 Å². The van der Waals surface area contributed by atoms with Crippen LogP contribution in [0.3, 0.4) is 0 Å². The van der Waals surface area contributed by atoms with E-state index in [1.165, 1.54) is 0 Å². The highest BCUT2D eigenvalue weighted by atomic mass is 35.5. The van der Waals surface area contributed by atoms with E-state index in [4.69, 9.17) is 21.1 Å². The highest BCUT2D eigenvalue weighted by Crippen LogP contribution is 2.28. The van der Waals surface area contributed by atoms with Crippen LogP contribution in [0.1, 0.15) is 13.3 Å². The van der Waals surface area contributed by atoms with Gasteiger partial charge in [0.2, 0.25) is 0 Å². The van der Waals surface area contributed by atoms with E-state index in [1.807, 2.05) is 48.5 Å². The summed E-state index contributed by atoms with van der Waals surface area (Å²) < 4.78 is 12.2. The number of pyridine rings is 1. The van der Waals surface area contributed by atoms with E-state index in [2.05, 4.69) is 22.9 Å². The molecule has 1 aliphatic rings. The van der Waals surface area contributed by atoms with Crippen molar-refractivity contribution in [2.45, 2.75) is 18.9 Å². The zero-order chi connectivity index (χ0) is 18.7. The number of ether oxygens (including phenoxy) is 2. The molecule has 2 heterocycles. The Kier molecular flexibility index (Phi) is 5.19. The Bertz CT molecular complexity index is 916. The van der Waals surface area contributed by atoms with E-state index in [0.29, 0.717) is 6.61 Å². The molecule has 4 rings (SSSR count). The predicted molar refractivity (Wildman–Crippen MR) is 109 cm³/mol. The molecule has 1 atom stereocenters. The molecule has 140 valence electrons. The monoisotopic (exact) mass is 382 g/mol. The van der Waals surface area contributed by atoms with Crippen molar-refractivity contribution >= 4 is 22.5 Å². The van der Waals surface area contributed by atoms with Gasteiger partial charge in [-0.3, -0.25) is 9.88 Å². The number of hydrogen-bond donors (Lipinski definition) is 0. The fraction of sp³-hybridized carbons (Fsp3) is 0.318. The molecular weight excluding hydrogens is 360 g/mol. The van der Waals surface area contributed by atoms with Gasteiger partial charge in [-0.1, -0.05) is 17.7 Å². The molecule has 0 aliphatic carbocycles. The van der Waals surface area contributed by atoms with Crippen LogP contribution in [-0.4, -0.2) is 41.7 Å². The van der Waals surface area contributed by atoms with Crippen LogP contribution < -0.4 is 9.47 Å². The van der Waals surface area contributed by atoms with Gasteiger partial charge in [0.05, 0.1) is 5.52 Å². The van der Waals surface area contributed by atoms with E-state index < -0.39 is 0 Å². The minimum Gasteiger partial charge on any atom is -0.492 e. The lowest BCUT2D eigenvalue weighted by Crippen LogP contribution is -2.37. The molecule has 0 spiro atoms. The number of nitrogens with zero attached hydrogens (tertiary/aromatic N) is 2. The standard InChI is InChI=1S/C22H23ClN2O2/c1-22(27-19-6-4-18(23)5-7-19)10-12-25(16-22)13-14-26-20-8-9-21-17(15-20)3-2-11-24-21/h2-9,11,15H,10,12-14,16H2,1H3. The molecule has 0 amide bonds. The summed E-state index contributed by atoms with van der Waals surface area (Å²) in [6, 6.07) is 17.6. The van der Waals surface area contributed by atoms with Gasteiger partial charge in [0.1, 0.15) is 23.7 Å². The molecule has 1 fully saturated rings. The predicted octanol–water partition coefficient (Wildman–Crippen LogP) is 4.81. The first-order valence-corrected chi connectivity index (χ1v) is 9.62. The van der Waals surface area contributed by atoms with E-state index in [0.717, 1.165) is 53.5 Å². The Balaban J connectivity index is 1.28. The summed E-state index contributed by atoms with van der Waals surface area (Å²) in [5.74, 6) is 1.75. The summed E-state index contributed by atoms with van der Waals surface area (Å²) in [5, 5.41) is 1.82. The van der Waals surface area contributed by atoms with Crippen LogP contribution >= 0.6 is 11.6 Å². The van der Waals surface area contributed by atoms with Crippen LogP contribution in [0.5, 0.6) is 11.5 Å². The highest BCUT2D eigenvalue weighted by Gasteiger charge is 2.35. The topological polar surface area (TPSA) is 34.6 Å². The number of aromatic nitrogens is 1. The second kappa shape index (κ2) is 7.75. The van der Waals surface area contributed by atoms with Crippen LogP contribution in [0.2, 0.25) is 5.02 Å². The molecule has 27 heavy (non-hydrogen) atoms. The lowest BCUT2D eigenvalue weighted by Gasteiger charge is -2.26. The molecule has 0 saturated carbocycles. The molecule has 1 unspecified atom stereocenters. The molecule has 4 nitrogen and oxygen atoms in total. The maximum absolute atomic E-state index is 6.21. The van der Waals surface area contributed by atoms with Crippen LogP contribution in [0.4, 0.5) is 0 Å². The van der Waals surface area contributed by atoms with E-state index in [9.17, 15) is 0 Å². The Morgan fingerprint density at radius 2 is 1.93 bits per heavy atom. The quantitative estimate of drug-likeness (QED) is 0.612. The summed E-state index contributed by atoms with van der Waals surface area (Å²) in [7, 11) is 0. The summed E-state index contributed by atoms with van der Waals surface area (Å²) in [6.07, 6.45) is 2.80. The molecule has 1 aromatic heterocycles. The highest BCUT2D eigenvalue weighted by molar-refractivity contribution is 6.30. The van der Waals surface area contributed by atoms with Gasteiger partial charge in [-0.15, -0.1) is 0 Å². The fourth-order valence-electron chi connectivity index (χ4n) is 3.52. The van der Waals surface area contributed by atoms with Crippen molar-refractivity contribution in [3.63, 3.8) is 0 Å². The van der Waals surface area contributed by atoms with E-state index in [-0.39, 0.29) is 5.60 Å². The zero-order valence-electron chi connectivity index (χ0n) is 15.4. The van der Waals surface area contributed by atoms with Crippen molar-refractivity contribution in [2.75, 3.05) is 26.2 Å². The van der Waals surface area contributed by atoms with Crippen molar-refractivity contribution in [1.82, 2.24) is 9.88 Å². The number of rotatable bonds is 6. The first-order chi connectivity index (χ1) is 13.1. The van der Waals surface area contributed by atoms with Crippen molar-refractivity contribution < 1.29 is 9.47 Å². The smallest absolute Gasteiger partial charge is 0.120 e. The van der Waals surface area contributed by atoms with Crippen LogP contribution in [0.25, 0.3) is 10.9 Å². The summed E-state index contributed by atoms with van der Waals surface area (Å²) in [5.41, 5.74) is 0.808. The lowest BCUT2D eigenvalue weighted by molar-refractivity contribution is 0.0935. The average molecular weight is 383 g/mol. The number of fused-ring (bicyclic) bond motifs is 1. The van der Waals surface area contributed by atoms with E-state index in [1.54, 1.807) is 6.20 Å². The van der Waals surface area contributed by atoms with Crippen molar-refractivity contribution in [3.8, 4) is 11.5 Å². The van der Waals surface area contributed by atoms with Crippen molar-refractivity contribution in [1.29, 1.82) is 0 Å². The fourth-order valence-corrected chi connectivity index (χ4v) is 3.65. The maximum Gasteiger partial charge on any atom is 0.120 e. The average Bonchev–Trinajstić information content (AvgIpc) is 3.04. The van der Waals surface area contributed by atoms with Gasteiger partial charge in [0.15, 0.2) is 0 Å². The molecule has 0 N–H and O–H groups in total. The minimum absolute atomic E-state index is 0.178. The summed E-state index contributed by atoms with van der Waals surface area (Å²) in [4.78, 5) is 6.72. The molecule has 0 radical (unpaired) electrons. The zero-order valence-corrected chi connectivity index (χ0v) is 16.2. The van der Waals surface area contributed by atoms with Crippen LogP contribution in [0.15, 0.2) is 60.8 Å². The Hall–Kier alpha value is -2.30. The Morgan fingerprint density at radius 3 is 2.78 bits per heavy atom. The van der Waals surface area contributed by atoms with Gasteiger partial charge in [-0.25, -0.2) is 0 Å². The number of hydrogen-bond acceptors (Lipinski definition) is 4. The van der Waals surface area contributed by atoms with Gasteiger partial charge in [-0.2, -0.15) is 0 Å². The van der Waals surface area contributed by atoms with Crippen LogP contribution in [-0.2, 0) is 0 Å². The largest absolute Gasteiger partial charge is 0.492 e. The van der Waals surface area contributed by atoms with Gasteiger partial charge in [0, 0.05) is 42.7 Å². The summed E-state index contributed by atoms with van der Waals surface area (Å²) >= 11 is 5.94. The number of benzene rings is 2. The molecular formula is C22H23ClN2O2. The first kappa shape index (κ1) is 18.1. The second-order valence-electron chi connectivity index (χ2n) is 7.24. The van der Waals surface area contributed by atoms with Gasteiger partial charge >= 0.3 is 0 Å². The molecule has 2 aromatic carbocycles. The molecule has 1 aliphatic heterocycles. The molecule has 0 bridgehead atoms. The third-order valence-corrected chi connectivity index (χ3v) is 5.20. The minimum atomic E-state index is -0.178. The third kappa shape index (κ3) is 4.52. The number of halogens is 1.